The average Bonchev–Trinajstić information content (AvgIpc) is 2.51. The fraction of sp³-hybridized carbons (Fsp3) is 0.529. The first kappa shape index (κ1) is 20.2. The van der Waals surface area contributed by atoms with Gasteiger partial charge in [-0.05, 0) is 44.0 Å². The second-order valence-corrected chi connectivity index (χ2v) is 8.53. The molecule has 1 amide bonds. The highest BCUT2D eigenvalue weighted by atomic mass is 32.2. The normalized spacial score (nSPS) is 18.6. The Bertz CT molecular complexity index is 798. The predicted octanol–water partition coefficient (Wildman–Crippen LogP) is 0.873. The molecule has 0 spiro atoms. The number of carbonyl (C=O) groups excluding carboxylic acids is 1. The minimum atomic E-state index is -3.29. The van der Waals surface area contributed by atoms with E-state index in [0.29, 0.717) is 35.5 Å². The molecule has 8 nitrogen and oxygen atoms in total. The number of piperazine rings is 1. The van der Waals surface area contributed by atoms with Crippen molar-refractivity contribution in [2.24, 2.45) is 0 Å². The van der Waals surface area contributed by atoms with E-state index in [1.807, 2.05) is 0 Å². The van der Waals surface area contributed by atoms with Gasteiger partial charge in [-0.2, -0.15) is 4.31 Å². The van der Waals surface area contributed by atoms with Crippen LogP contribution in [-0.2, 0) is 14.8 Å². The van der Waals surface area contributed by atoms with Crippen LogP contribution in [0.1, 0.15) is 28.4 Å². The van der Waals surface area contributed by atoms with E-state index < -0.39 is 22.6 Å². The molecule has 1 aromatic carbocycles. The zero-order valence-corrected chi connectivity index (χ0v) is 16.2. The smallest absolute Gasteiger partial charge is 0.341 e. The van der Waals surface area contributed by atoms with E-state index in [1.165, 1.54) is 10.6 Å². The molecule has 1 heterocycles. The zero-order valence-electron chi connectivity index (χ0n) is 15.4. The van der Waals surface area contributed by atoms with E-state index in [-0.39, 0.29) is 18.5 Å². The lowest BCUT2D eigenvalue weighted by atomic mass is 10.0. The van der Waals surface area contributed by atoms with E-state index in [0.717, 1.165) is 0 Å². The number of aryl methyl sites for hydroxylation is 2. The molecule has 144 valence electrons. The average molecular weight is 384 g/mol. The third-order valence-electron chi connectivity index (χ3n) is 4.33. The number of carbonyl (C=O) groups is 2. The van der Waals surface area contributed by atoms with Crippen molar-refractivity contribution in [2.75, 3.05) is 32.5 Å². The van der Waals surface area contributed by atoms with Crippen LogP contribution in [0.3, 0.4) is 0 Å². The standard InChI is InChI=1S/C17H24N2O6S/c1-11-7-14(8-12(2)16(11)25-10-15(20)21)17(22)18-5-6-19(13(3)9-18)26(4,23)24/h7-8,13H,5-6,9-10H2,1-4H3,(H,20,21)/t13-/m0/s1. The highest BCUT2D eigenvalue weighted by molar-refractivity contribution is 7.88. The molecule has 0 bridgehead atoms. The Hall–Kier alpha value is -2.13. The van der Waals surface area contributed by atoms with Crippen LogP contribution in [0.15, 0.2) is 12.1 Å². The number of aliphatic carboxylic acids is 1. The number of hydrogen-bond acceptors (Lipinski definition) is 5. The lowest BCUT2D eigenvalue weighted by molar-refractivity contribution is -0.139. The van der Waals surface area contributed by atoms with Crippen LogP contribution in [0.4, 0.5) is 0 Å². The maximum absolute atomic E-state index is 12.8. The number of benzene rings is 1. The first-order valence-corrected chi connectivity index (χ1v) is 10.1. The van der Waals surface area contributed by atoms with Crippen LogP contribution in [0.5, 0.6) is 5.75 Å². The Morgan fingerprint density at radius 1 is 1.23 bits per heavy atom. The number of carboxylic acid groups (broad SMARTS) is 1. The minimum Gasteiger partial charge on any atom is -0.481 e. The predicted molar refractivity (Wildman–Crippen MR) is 96.0 cm³/mol. The largest absolute Gasteiger partial charge is 0.481 e. The summed E-state index contributed by atoms with van der Waals surface area (Å²) in [4.78, 5) is 25.1. The summed E-state index contributed by atoms with van der Waals surface area (Å²) in [5.74, 6) is -0.790. The van der Waals surface area contributed by atoms with Gasteiger partial charge in [0.05, 0.1) is 6.26 Å². The highest BCUT2D eigenvalue weighted by Gasteiger charge is 2.32. The third kappa shape index (κ3) is 4.53. The monoisotopic (exact) mass is 384 g/mol. The Labute approximate surface area is 153 Å². The molecule has 0 unspecified atom stereocenters. The number of nitrogens with zero attached hydrogens (tertiary/aromatic N) is 2. The SMILES string of the molecule is Cc1cc(C(=O)N2CCN(S(C)(=O)=O)[C@@H](C)C2)cc(C)c1OCC(=O)O. The first-order valence-electron chi connectivity index (χ1n) is 8.22. The van der Waals surface area contributed by atoms with E-state index in [4.69, 9.17) is 9.84 Å². The Balaban J connectivity index is 2.17. The molecule has 2 rings (SSSR count). The lowest BCUT2D eigenvalue weighted by Gasteiger charge is -2.38. The van der Waals surface area contributed by atoms with Crippen molar-refractivity contribution in [2.45, 2.75) is 26.8 Å². The molecule has 1 aliphatic heterocycles. The molecule has 0 radical (unpaired) electrons. The van der Waals surface area contributed by atoms with E-state index in [9.17, 15) is 18.0 Å². The van der Waals surface area contributed by atoms with Crippen molar-refractivity contribution < 1.29 is 27.9 Å². The maximum Gasteiger partial charge on any atom is 0.341 e. The molecular formula is C17H24N2O6S. The summed E-state index contributed by atoms with van der Waals surface area (Å²) in [5.41, 5.74) is 1.83. The van der Waals surface area contributed by atoms with Crippen LogP contribution in [0.2, 0.25) is 0 Å². The van der Waals surface area contributed by atoms with Crippen LogP contribution in [-0.4, -0.2) is 73.1 Å². The van der Waals surface area contributed by atoms with Gasteiger partial charge in [-0.1, -0.05) is 0 Å². The number of ether oxygens (including phenoxy) is 1. The lowest BCUT2D eigenvalue weighted by Crippen LogP contribution is -2.55. The van der Waals surface area contributed by atoms with Crippen molar-refractivity contribution >= 4 is 21.9 Å². The summed E-state index contributed by atoms with van der Waals surface area (Å²) < 4.78 is 30.2. The van der Waals surface area contributed by atoms with E-state index >= 15 is 0 Å². The summed E-state index contributed by atoms with van der Waals surface area (Å²) in [6, 6.07) is 3.04. The first-order chi connectivity index (χ1) is 12.0. The Morgan fingerprint density at radius 3 is 2.27 bits per heavy atom. The maximum atomic E-state index is 12.8. The second-order valence-electron chi connectivity index (χ2n) is 6.60. The van der Waals surface area contributed by atoms with E-state index in [1.54, 1.807) is 37.8 Å². The van der Waals surface area contributed by atoms with Crippen LogP contribution in [0, 0.1) is 13.8 Å². The summed E-state index contributed by atoms with van der Waals surface area (Å²) in [6.07, 6.45) is 1.17. The van der Waals surface area contributed by atoms with Crippen LogP contribution >= 0.6 is 0 Å². The van der Waals surface area contributed by atoms with Gasteiger partial charge in [0, 0.05) is 31.2 Å². The molecule has 1 aromatic rings. The molecule has 1 atom stereocenters. The third-order valence-corrected chi connectivity index (χ3v) is 5.72. The fourth-order valence-corrected chi connectivity index (χ4v) is 4.37. The molecular weight excluding hydrogens is 360 g/mol. The van der Waals surface area contributed by atoms with Gasteiger partial charge in [-0.15, -0.1) is 0 Å². The zero-order chi connectivity index (χ0) is 19.6. The molecule has 1 aliphatic rings. The van der Waals surface area contributed by atoms with Crippen molar-refractivity contribution in [3.8, 4) is 5.75 Å². The van der Waals surface area contributed by atoms with Crippen molar-refractivity contribution in [3.63, 3.8) is 0 Å². The van der Waals surface area contributed by atoms with Gasteiger partial charge >= 0.3 is 5.97 Å². The number of hydrogen-bond donors (Lipinski definition) is 1. The summed E-state index contributed by atoms with van der Waals surface area (Å²) in [5, 5.41) is 8.74. The van der Waals surface area contributed by atoms with E-state index in [2.05, 4.69) is 0 Å². The number of amides is 1. The quantitative estimate of drug-likeness (QED) is 0.808. The summed E-state index contributed by atoms with van der Waals surface area (Å²) in [7, 11) is -3.29. The molecule has 26 heavy (non-hydrogen) atoms. The summed E-state index contributed by atoms with van der Waals surface area (Å²) >= 11 is 0. The van der Waals surface area contributed by atoms with Gasteiger partial charge in [-0.3, -0.25) is 4.79 Å². The topological polar surface area (TPSA) is 104 Å². The van der Waals surface area contributed by atoms with Gasteiger partial charge in [0.1, 0.15) is 5.75 Å². The van der Waals surface area contributed by atoms with Gasteiger partial charge in [0.2, 0.25) is 10.0 Å². The number of carboxylic acids is 1. The molecule has 0 aromatic heterocycles. The molecule has 1 saturated heterocycles. The second kappa shape index (κ2) is 7.63. The molecule has 0 aliphatic carbocycles. The number of rotatable bonds is 5. The Kier molecular flexibility index (Phi) is 5.92. The van der Waals surface area contributed by atoms with Crippen molar-refractivity contribution in [3.05, 3.63) is 28.8 Å². The minimum absolute atomic E-state index is 0.180. The van der Waals surface area contributed by atoms with Gasteiger partial charge in [0.25, 0.3) is 5.91 Å². The van der Waals surface area contributed by atoms with Gasteiger partial charge < -0.3 is 14.7 Å². The molecule has 9 heteroatoms. The van der Waals surface area contributed by atoms with Gasteiger partial charge in [-0.25, -0.2) is 13.2 Å². The fourth-order valence-electron chi connectivity index (χ4n) is 3.24. The van der Waals surface area contributed by atoms with Crippen molar-refractivity contribution in [1.29, 1.82) is 0 Å². The number of sulfonamides is 1. The molecule has 1 N–H and O–H groups in total. The summed E-state index contributed by atoms with van der Waals surface area (Å²) in [6.45, 7) is 5.76. The van der Waals surface area contributed by atoms with Gasteiger partial charge in [0.15, 0.2) is 6.61 Å². The molecule has 1 fully saturated rings. The van der Waals surface area contributed by atoms with Crippen LogP contribution in [0.25, 0.3) is 0 Å². The molecule has 0 saturated carbocycles. The van der Waals surface area contributed by atoms with Crippen molar-refractivity contribution in [1.82, 2.24) is 9.21 Å². The highest BCUT2D eigenvalue weighted by Crippen LogP contribution is 2.26. The Morgan fingerprint density at radius 2 is 1.81 bits per heavy atom. The van der Waals surface area contributed by atoms with Crippen LogP contribution < -0.4 is 4.74 Å².